The van der Waals surface area contributed by atoms with Gasteiger partial charge in [0.05, 0.1) is 17.0 Å². The lowest BCUT2D eigenvalue weighted by Gasteiger charge is -2.05. The number of nitrogens with zero attached hydrogens (tertiary/aromatic N) is 2. The van der Waals surface area contributed by atoms with Crippen LogP contribution in [-0.4, -0.2) is 15.9 Å². The van der Waals surface area contributed by atoms with Crippen molar-refractivity contribution in [3.05, 3.63) is 29.2 Å². The molecule has 0 saturated heterocycles. The van der Waals surface area contributed by atoms with Crippen molar-refractivity contribution in [1.29, 1.82) is 5.41 Å². The Labute approximate surface area is 113 Å². The average Bonchev–Trinajstić information content (AvgIpc) is 2.71. The Morgan fingerprint density at radius 3 is 2.32 bits per heavy atom. The lowest BCUT2D eigenvalue weighted by Crippen LogP contribution is -2.03. The minimum absolute atomic E-state index is 0.356. The smallest absolute Gasteiger partial charge is 0.143 e. The Balaban J connectivity index is 0.000000861. The van der Waals surface area contributed by atoms with E-state index in [2.05, 4.69) is 10.1 Å². The third-order valence-corrected chi connectivity index (χ3v) is 2.62. The molecule has 0 aliphatic carbocycles. The molecule has 2 aromatic heterocycles. The van der Waals surface area contributed by atoms with E-state index in [1.807, 2.05) is 33.8 Å². The van der Waals surface area contributed by atoms with Gasteiger partial charge in [-0.3, -0.25) is 0 Å². The third-order valence-electron chi connectivity index (χ3n) is 2.62. The van der Waals surface area contributed by atoms with E-state index in [4.69, 9.17) is 15.7 Å². The maximum Gasteiger partial charge on any atom is 0.143 e. The van der Waals surface area contributed by atoms with Gasteiger partial charge < -0.3 is 15.7 Å². The molecule has 2 rings (SSSR count). The van der Waals surface area contributed by atoms with Crippen LogP contribution in [0.15, 0.2) is 16.7 Å². The first-order valence-electron chi connectivity index (χ1n) is 6.26. The quantitative estimate of drug-likeness (QED) is 0.810. The lowest BCUT2D eigenvalue weighted by atomic mass is 10.1. The molecule has 0 radical (unpaired) electrons. The van der Waals surface area contributed by atoms with Crippen molar-refractivity contribution in [2.75, 3.05) is 5.73 Å². The normalized spacial score (nSPS) is 9.74. The Bertz CT molecular complexity index is 568. The molecule has 3 N–H and O–H groups in total. The first-order chi connectivity index (χ1) is 9.00. The Kier molecular flexibility index (Phi) is 4.80. The van der Waals surface area contributed by atoms with Crippen LogP contribution in [0.5, 0.6) is 0 Å². The largest absolute Gasteiger partial charge is 0.383 e. The Hall–Kier alpha value is -2.17. The summed E-state index contributed by atoms with van der Waals surface area (Å²) in [6.07, 6.45) is 0. The molecular formula is C14H20N4O. The van der Waals surface area contributed by atoms with Gasteiger partial charge in [-0.15, -0.1) is 0 Å². The minimum atomic E-state index is 0.356. The van der Waals surface area contributed by atoms with E-state index in [9.17, 15) is 0 Å². The van der Waals surface area contributed by atoms with Crippen molar-refractivity contribution in [3.8, 4) is 11.3 Å². The Morgan fingerprint density at radius 1 is 1.26 bits per heavy atom. The molecule has 5 heteroatoms. The van der Waals surface area contributed by atoms with Crippen molar-refractivity contribution >= 4 is 11.5 Å². The zero-order chi connectivity index (χ0) is 14.6. The summed E-state index contributed by atoms with van der Waals surface area (Å²) in [4.78, 5) is 4.30. The fraction of sp³-hybridized carbons (Fsp3) is 0.357. The van der Waals surface area contributed by atoms with Crippen molar-refractivity contribution < 1.29 is 4.52 Å². The Morgan fingerprint density at radius 2 is 1.89 bits per heavy atom. The highest BCUT2D eigenvalue weighted by Gasteiger charge is 2.14. The molecule has 0 atom stereocenters. The topological polar surface area (TPSA) is 88.8 Å². The molecule has 0 aliphatic heterocycles. The number of anilines is 1. The predicted octanol–water partition coefficient (Wildman–Crippen LogP) is 3.35. The molecule has 102 valence electrons. The summed E-state index contributed by atoms with van der Waals surface area (Å²) >= 11 is 0. The van der Waals surface area contributed by atoms with Crippen LogP contribution in [0.2, 0.25) is 0 Å². The average molecular weight is 260 g/mol. The second-order valence-corrected chi connectivity index (χ2v) is 3.95. The summed E-state index contributed by atoms with van der Waals surface area (Å²) in [6.45, 7) is 9.38. The summed E-state index contributed by atoms with van der Waals surface area (Å²) < 4.78 is 5.09. The van der Waals surface area contributed by atoms with E-state index in [0.29, 0.717) is 22.9 Å². The van der Waals surface area contributed by atoms with Gasteiger partial charge in [0, 0.05) is 11.3 Å². The monoisotopic (exact) mass is 260 g/mol. The fourth-order valence-electron chi connectivity index (χ4n) is 1.78. The van der Waals surface area contributed by atoms with Crippen LogP contribution in [0.25, 0.3) is 11.3 Å². The van der Waals surface area contributed by atoms with Crippen LogP contribution in [0.1, 0.15) is 37.8 Å². The predicted molar refractivity (Wildman–Crippen MR) is 77.5 cm³/mol. The van der Waals surface area contributed by atoms with E-state index in [1.54, 1.807) is 13.0 Å². The van der Waals surface area contributed by atoms with Gasteiger partial charge in [0.15, 0.2) is 0 Å². The maximum absolute atomic E-state index is 7.55. The van der Waals surface area contributed by atoms with Gasteiger partial charge >= 0.3 is 0 Å². The van der Waals surface area contributed by atoms with Crippen molar-refractivity contribution in [3.63, 3.8) is 0 Å². The van der Waals surface area contributed by atoms with Crippen LogP contribution in [-0.2, 0) is 0 Å². The molecule has 0 unspecified atom stereocenters. The molecule has 0 amide bonds. The highest BCUT2D eigenvalue weighted by atomic mass is 16.5. The number of aryl methyl sites for hydroxylation is 2. The van der Waals surface area contributed by atoms with E-state index in [-0.39, 0.29) is 0 Å². The minimum Gasteiger partial charge on any atom is -0.383 e. The van der Waals surface area contributed by atoms with Gasteiger partial charge in [-0.1, -0.05) is 19.0 Å². The van der Waals surface area contributed by atoms with Gasteiger partial charge in [0.2, 0.25) is 0 Å². The summed E-state index contributed by atoms with van der Waals surface area (Å²) in [7, 11) is 0. The van der Waals surface area contributed by atoms with E-state index < -0.39 is 0 Å². The molecule has 19 heavy (non-hydrogen) atoms. The number of nitrogens with one attached hydrogen (secondary N) is 1. The van der Waals surface area contributed by atoms with Gasteiger partial charge in [-0.25, -0.2) is 4.98 Å². The first-order valence-corrected chi connectivity index (χ1v) is 6.26. The fourth-order valence-corrected chi connectivity index (χ4v) is 1.78. The summed E-state index contributed by atoms with van der Waals surface area (Å²) in [5, 5.41) is 11.4. The van der Waals surface area contributed by atoms with Gasteiger partial charge in [-0.05, 0) is 32.9 Å². The molecule has 0 saturated carbocycles. The van der Waals surface area contributed by atoms with Crippen LogP contribution >= 0.6 is 0 Å². The lowest BCUT2D eigenvalue weighted by molar-refractivity contribution is 0.393. The molecule has 0 spiro atoms. The van der Waals surface area contributed by atoms with Crippen LogP contribution in [0, 0.1) is 19.3 Å². The summed E-state index contributed by atoms with van der Waals surface area (Å²) in [5.41, 5.74) is 9.26. The summed E-state index contributed by atoms with van der Waals surface area (Å²) in [5.74, 6) is 1.07. The van der Waals surface area contributed by atoms with Crippen molar-refractivity contribution in [2.24, 2.45) is 0 Å². The second kappa shape index (κ2) is 6.13. The number of pyridine rings is 1. The highest BCUT2D eigenvalue weighted by molar-refractivity contribution is 6.00. The molecule has 2 heterocycles. The summed E-state index contributed by atoms with van der Waals surface area (Å²) in [6, 6.07) is 3.63. The first kappa shape index (κ1) is 14.9. The number of nitrogen functional groups attached to an aromatic ring is 1. The van der Waals surface area contributed by atoms with Crippen molar-refractivity contribution in [2.45, 2.75) is 34.6 Å². The molecule has 0 fully saturated rings. The third kappa shape index (κ3) is 2.99. The molecule has 0 bridgehead atoms. The van der Waals surface area contributed by atoms with E-state index in [0.717, 1.165) is 17.0 Å². The van der Waals surface area contributed by atoms with Crippen LogP contribution in [0.3, 0.4) is 0 Å². The number of hydrogen-bond acceptors (Lipinski definition) is 5. The van der Waals surface area contributed by atoms with Crippen LogP contribution in [0.4, 0.5) is 5.82 Å². The molecule has 0 aromatic carbocycles. The van der Waals surface area contributed by atoms with Crippen LogP contribution < -0.4 is 5.73 Å². The second-order valence-electron chi connectivity index (χ2n) is 3.95. The van der Waals surface area contributed by atoms with Gasteiger partial charge in [0.25, 0.3) is 0 Å². The van der Waals surface area contributed by atoms with Gasteiger partial charge in [0.1, 0.15) is 11.6 Å². The number of aromatic nitrogens is 2. The number of hydrogen-bond donors (Lipinski definition) is 2. The number of rotatable bonds is 2. The maximum atomic E-state index is 7.55. The molecule has 0 aliphatic rings. The molecule has 2 aromatic rings. The zero-order valence-electron chi connectivity index (χ0n) is 12.0. The zero-order valence-corrected chi connectivity index (χ0v) is 12.0. The van der Waals surface area contributed by atoms with Crippen molar-refractivity contribution in [1.82, 2.24) is 10.1 Å². The van der Waals surface area contributed by atoms with E-state index >= 15 is 0 Å². The highest BCUT2D eigenvalue weighted by Crippen LogP contribution is 2.26. The molecular weight excluding hydrogens is 240 g/mol. The van der Waals surface area contributed by atoms with Gasteiger partial charge in [-0.2, -0.15) is 0 Å². The van der Waals surface area contributed by atoms with E-state index in [1.165, 1.54) is 0 Å². The standard InChI is InChI=1S/C12H14N4O.C2H6/c1-6(13)9-4-5-10(15-12(9)14)11-7(2)16-17-8(11)3;1-2/h4-5,13H,1-3H3,(H2,14,15);1-2H3. The SMILES string of the molecule is CC.CC(=N)c1ccc(-c2c(C)noc2C)nc1N. The number of nitrogens with two attached hydrogens (primary N) is 1. The molecule has 5 nitrogen and oxygen atoms in total.